The van der Waals surface area contributed by atoms with Crippen molar-refractivity contribution >= 4 is 21.6 Å². The van der Waals surface area contributed by atoms with Crippen LogP contribution in [0.2, 0.25) is 0 Å². The van der Waals surface area contributed by atoms with Crippen LogP contribution in [0.25, 0.3) is 0 Å². The van der Waals surface area contributed by atoms with E-state index in [-0.39, 0.29) is 6.10 Å². The summed E-state index contributed by atoms with van der Waals surface area (Å²) >= 11 is 3.46. The first-order chi connectivity index (χ1) is 5.77. The highest BCUT2D eigenvalue weighted by Crippen LogP contribution is 2.29. The van der Waals surface area contributed by atoms with Crippen molar-refractivity contribution in [2.24, 2.45) is 0 Å². The number of hydrogen-bond acceptors (Lipinski definition) is 2. The molecule has 0 saturated heterocycles. The predicted octanol–water partition coefficient (Wildman–Crippen LogP) is 1.78. The Hall–Kier alpha value is -0.540. The Labute approximate surface area is 79.7 Å². The van der Waals surface area contributed by atoms with Gasteiger partial charge in [-0.15, -0.1) is 0 Å². The van der Waals surface area contributed by atoms with Gasteiger partial charge in [0, 0.05) is 17.4 Å². The molecule has 0 fully saturated rings. The number of aliphatic hydroxyl groups excluding tert-OH is 1. The second-order valence-electron chi connectivity index (χ2n) is 3.01. The summed E-state index contributed by atoms with van der Waals surface area (Å²) in [5.41, 5.74) is 2.31. The third-order valence-electron chi connectivity index (χ3n) is 2.07. The molecule has 2 N–H and O–H groups in total. The molecule has 0 bridgehead atoms. The smallest absolute Gasteiger partial charge is 0.0753 e. The number of rotatable bonds is 0. The minimum absolute atomic E-state index is 0.244. The molecular formula is C9H10BrNO. The first kappa shape index (κ1) is 8.08. The molecule has 0 amide bonds. The van der Waals surface area contributed by atoms with Crippen LogP contribution in [0, 0.1) is 0 Å². The summed E-state index contributed by atoms with van der Waals surface area (Å²) in [5.74, 6) is 0. The van der Waals surface area contributed by atoms with Gasteiger partial charge in [-0.3, -0.25) is 0 Å². The molecule has 0 spiro atoms. The van der Waals surface area contributed by atoms with Gasteiger partial charge in [0.05, 0.1) is 11.8 Å². The maximum Gasteiger partial charge on any atom is 0.0753 e. The van der Waals surface area contributed by atoms with Gasteiger partial charge in [0.15, 0.2) is 0 Å². The van der Waals surface area contributed by atoms with E-state index < -0.39 is 0 Å². The fraction of sp³-hybridized carbons (Fsp3) is 0.333. The number of aliphatic hydroxyl groups is 1. The van der Waals surface area contributed by atoms with E-state index >= 15 is 0 Å². The van der Waals surface area contributed by atoms with Crippen LogP contribution in [0.15, 0.2) is 22.7 Å². The molecule has 1 atom stereocenters. The summed E-state index contributed by atoms with van der Waals surface area (Å²) < 4.78 is 1.08. The largest absolute Gasteiger partial charge is 0.391 e. The fourth-order valence-corrected chi connectivity index (χ4v) is 2.03. The zero-order valence-electron chi connectivity index (χ0n) is 6.55. The first-order valence-electron chi connectivity index (χ1n) is 3.96. The molecule has 1 aliphatic heterocycles. The average Bonchev–Trinajstić information content (AvgIpc) is 2.04. The van der Waals surface area contributed by atoms with E-state index in [2.05, 4.69) is 21.2 Å². The predicted molar refractivity (Wildman–Crippen MR) is 52.3 cm³/mol. The molecule has 0 radical (unpaired) electrons. The Morgan fingerprint density at radius 1 is 1.50 bits per heavy atom. The molecule has 1 aliphatic rings. The van der Waals surface area contributed by atoms with Crippen molar-refractivity contribution in [3.8, 4) is 0 Å². The van der Waals surface area contributed by atoms with Crippen LogP contribution < -0.4 is 5.32 Å². The van der Waals surface area contributed by atoms with Crippen molar-refractivity contribution in [1.29, 1.82) is 0 Å². The molecule has 3 heteroatoms. The van der Waals surface area contributed by atoms with Crippen molar-refractivity contribution in [3.05, 3.63) is 28.2 Å². The maximum atomic E-state index is 9.37. The summed E-state index contributed by atoms with van der Waals surface area (Å²) in [7, 11) is 0. The Morgan fingerprint density at radius 3 is 3.17 bits per heavy atom. The van der Waals surface area contributed by atoms with Gasteiger partial charge in [-0.25, -0.2) is 0 Å². The standard InChI is InChI=1S/C9H10BrNO/c10-8-3-1-2-6-4-7(12)5-11-9(6)8/h1-3,7,11-12H,4-5H2. The lowest BCUT2D eigenvalue weighted by molar-refractivity contribution is 0.184. The molecule has 64 valence electrons. The molecular weight excluding hydrogens is 218 g/mol. The molecule has 1 aromatic carbocycles. The van der Waals surface area contributed by atoms with Crippen molar-refractivity contribution in [2.45, 2.75) is 12.5 Å². The zero-order valence-corrected chi connectivity index (χ0v) is 8.13. The number of anilines is 1. The minimum Gasteiger partial charge on any atom is -0.391 e. The molecule has 1 unspecified atom stereocenters. The van der Waals surface area contributed by atoms with Crippen molar-refractivity contribution in [1.82, 2.24) is 0 Å². The summed E-state index contributed by atoms with van der Waals surface area (Å²) in [5, 5.41) is 12.6. The van der Waals surface area contributed by atoms with Crippen LogP contribution in [0.1, 0.15) is 5.56 Å². The van der Waals surface area contributed by atoms with Crippen molar-refractivity contribution in [3.63, 3.8) is 0 Å². The maximum absolute atomic E-state index is 9.37. The van der Waals surface area contributed by atoms with Crippen LogP contribution in [0.4, 0.5) is 5.69 Å². The molecule has 12 heavy (non-hydrogen) atoms. The molecule has 1 heterocycles. The second kappa shape index (κ2) is 3.07. The lowest BCUT2D eigenvalue weighted by Gasteiger charge is -2.23. The highest BCUT2D eigenvalue weighted by Gasteiger charge is 2.16. The van der Waals surface area contributed by atoms with Gasteiger partial charge in [0.2, 0.25) is 0 Å². The normalized spacial score (nSPS) is 21.3. The highest BCUT2D eigenvalue weighted by molar-refractivity contribution is 9.10. The number of β-amino-alcohol motifs (C(OH)–C–C–N with tert-alkyl or cyclic N) is 1. The molecule has 1 aromatic rings. The Bertz CT molecular complexity index is 301. The third kappa shape index (κ3) is 1.34. The number of nitrogens with one attached hydrogen (secondary N) is 1. The first-order valence-corrected chi connectivity index (χ1v) is 4.76. The van der Waals surface area contributed by atoms with Gasteiger partial charge < -0.3 is 10.4 Å². The van der Waals surface area contributed by atoms with E-state index in [0.717, 1.165) is 16.6 Å². The van der Waals surface area contributed by atoms with Crippen LogP contribution in [-0.4, -0.2) is 17.8 Å². The summed E-state index contributed by atoms with van der Waals surface area (Å²) in [6.07, 6.45) is 0.508. The summed E-state index contributed by atoms with van der Waals surface area (Å²) in [4.78, 5) is 0. The zero-order chi connectivity index (χ0) is 8.55. The van der Waals surface area contributed by atoms with Crippen LogP contribution in [0.5, 0.6) is 0 Å². The molecule has 0 saturated carbocycles. The number of benzene rings is 1. The number of para-hydroxylation sites is 1. The molecule has 2 rings (SSSR count). The van der Waals surface area contributed by atoms with Crippen LogP contribution in [-0.2, 0) is 6.42 Å². The Morgan fingerprint density at radius 2 is 2.33 bits per heavy atom. The lowest BCUT2D eigenvalue weighted by atomic mass is 10.0. The van der Waals surface area contributed by atoms with Crippen molar-refractivity contribution < 1.29 is 5.11 Å². The summed E-state index contributed by atoms with van der Waals surface area (Å²) in [6, 6.07) is 6.03. The van der Waals surface area contributed by atoms with Gasteiger partial charge in [-0.1, -0.05) is 12.1 Å². The topological polar surface area (TPSA) is 32.3 Å². The quantitative estimate of drug-likeness (QED) is 0.709. The lowest BCUT2D eigenvalue weighted by Crippen LogP contribution is -2.27. The van der Waals surface area contributed by atoms with E-state index in [9.17, 15) is 5.11 Å². The van der Waals surface area contributed by atoms with Gasteiger partial charge >= 0.3 is 0 Å². The monoisotopic (exact) mass is 227 g/mol. The van der Waals surface area contributed by atoms with E-state index in [1.165, 1.54) is 5.56 Å². The van der Waals surface area contributed by atoms with Crippen LogP contribution in [0.3, 0.4) is 0 Å². The number of halogens is 1. The van der Waals surface area contributed by atoms with Gasteiger partial charge in [0.25, 0.3) is 0 Å². The van der Waals surface area contributed by atoms with Crippen LogP contribution >= 0.6 is 15.9 Å². The van der Waals surface area contributed by atoms with Gasteiger partial charge in [-0.2, -0.15) is 0 Å². The molecule has 2 nitrogen and oxygen atoms in total. The third-order valence-corrected chi connectivity index (χ3v) is 2.73. The number of hydrogen-bond donors (Lipinski definition) is 2. The van der Waals surface area contributed by atoms with Gasteiger partial charge in [-0.05, 0) is 27.6 Å². The van der Waals surface area contributed by atoms with E-state index in [1.807, 2.05) is 18.2 Å². The van der Waals surface area contributed by atoms with E-state index in [4.69, 9.17) is 0 Å². The number of fused-ring (bicyclic) bond motifs is 1. The average molecular weight is 228 g/mol. The Kier molecular flexibility index (Phi) is 2.07. The summed E-state index contributed by atoms with van der Waals surface area (Å²) in [6.45, 7) is 0.648. The van der Waals surface area contributed by atoms with Gasteiger partial charge in [0.1, 0.15) is 0 Å². The molecule has 0 aliphatic carbocycles. The second-order valence-corrected chi connectivity index (χ2v) is 3.87. The van der Waals surface area contributed by atoms with E-state index in [0.29, 0.717) is 6.54 Å². The van der Waals surface area contributed by atoms with E-state index in [1.54, 1.807) is 0 Å². The molecule has 0 aromatic heterocycles. The fourth-order valence-electron chi connectivity index (χ4n) is 1.48. The minimum atomic E-state index is -0.244. The van der Waals surface area contributed by atoms with Crippen molar-refractivity contribution in [2.75, 3.05) is 11.9 Å². The Balaban J connectivity index is 2.42. The highest BCUT2D eigenvalue weighted by atomic mass is 79.9. The SMILES string of the molecule is OC1CNc2c(Br)cccc2C1.